The molecule has 1 aliphatic rings. The first kappa shape index (κ1) is 14.9. The summed E-state index contributed by atoms with van der Waals surface area (Å²) in [5.74, 6) is -0.0675. The van der Waals surface area contributed by atoms with Gasteiger partial charge in [0.25, 0.3) is 0 Å². The summed E-state index contributed by atoms with van der Waals surface area (Å²) in [6.45, 7) is 1.92. The summed E-state index contributed by atoms with van der Waals surface area (Å²) < 4.78 is 5.14. The Balaban J connectivity index is 2.30. The number of carbonyl (C=O) groups is 1. The maximum Gasteiger partial charge on any atom is 0.328 e. The third kappa shape index (κ3) is 2.80. The zero-order valence-corrected chi connectivity index (χ0v) is 12.2. The molecule has 0 saturated heterocycles. The van der Waals surface area contributed by atoms with Crippen LogP contribution < -0.4 is 10.1 Å². The molecule has 0 amide bonds. The number of carboxylic acid groups (broad SMARTS) is 1. The van der Waals surface area contributed by atoms with E-state index in [0.717, 1.165) is 24.2 Å². The summed E-state index contributed by atoms with van der Waals surface area (Å²) in [5, 5.41) is 13.2. The lowest BCUT2D eigenvalue weighted by atomic mass is 9.86. The summed E-state index contributed by atoms with van der Waals surface area (Å²) >= 11 is 0. The Morgan fingerprint density at radius 1 is 1.35 bits per heavy atom. The number of methoxy groups -OCH3 is 1. The molecule has 0 aliphatic heterocycles. The van der Waals surface area contributed by atoms with E-state index in [9.17, 15) is 9.90 Å². The monoisotopic (exact) mass is 277 g/mol. The van der Waals surface area contributed by atoms with Gasteiger partial charge in [0.15, 0.2) is 0 Å². The van der Waals surface area contributed by atoms with E-state index in [1.165, 1.54) is 12.8 Å². The number of benzene rings is 1. The summed E-state index contributed by atoms with van der Waals surface area (Å²) in [6.07, 6.45) is 5.00. The molecule has 1 aromatic rings. The molecule has 4 nitrogen and oxygen atoms in total. The second-order valence-electron chi connectivity index (χ2n) is 5.42. The van der Waals surface area contributed by atoms with Crippen LogP contribution in [0.1, 0.15) is 44.6 Å². The maximum absolute atomic E-state index is 11.9. The Labute approximate surface area is 120 Å². The van der Waals surface area contributed by atoms with Crippen LogP contribution in [0.25, 0.3) is 0 Å². The Morgan fingerprint density at radius 3 is 2.40 bits per heavy atom. The minimum atomic E-state index is -0.999. The molecule has 1 aliphatic carbocycles. The number of ether oxygens (including phenoxy) is 1. The van der Waals surface area contributed by atoms with Crippen LogP contribution in [0.2, 0.25) is 0 Å². The Hall–Kier alpha value is -1.55. The lowest BCUT2D eigenvalue weighted by molar-refractivity contribution is -0.146. The molecular formula is C16H23NO3. The van der Waals surface area contributed by atoms with Crippen molar-refractivity contribution in [1.82, 2.24) is 5.32 Å². The number of rotatable bonds is 6. The van der Waals surface area contributed by atoms with Crippen LogP contribution in [-0.4, -0.2) is 24.2 Å². The predicted molar refractivity (Wildman–Crippen MR) is 78.0 cm³/mol. The molecule has 1 fully saturated rings. The molecule has 1 atom stereocenters. The molecule has 2 N–H and O–H groups in total. The topological polar surface area (TPSA) is 58.6 Å². The molecule has 1 aromatic carbocycles. The highest BCUT2D eigenvalue weighted by molar-refractivity contribution is 5.81. The highest BCUT2D eigenvalue weighted by Crippen LogP contribution is 2.31. The van der Waals surface area contributed by atoms with Gasteiger partial charge in [-0.05, 0) is 37.0 Å². The van der Waals surface area contributed by atoms with E-state index in [1.807, 2.05) is 31.2 Å². The Kier molecular flexibility index (Phi) is 4.65. The number of aliphatic carboxylic acids is 1. The van der Waals surface area contributed by atoms with Crippen LogP contribution in [0.5, 0.6) is 5.75 Å². The van der Waals surface area contributed by atoms with Crippen molar-refractivity contribution < 1.29 is 14.6 Å². The number of carboxylic acids is 1. The van der Waals surface area contributed by atoms with Gasteiger partial charge in [0.2, 0.25) is 0 Å². The third-order valence-electron chi connectivity index (χ3n) is 4.28. The van der Waals surface area contributed by atoms with E-state index in [0.29, 0.717) is 12.5 Å². The van der Waals surface area contributed by atoms with Crippen LogP contribution >= 0.6 is 0 Å². The normalized spacial score (nSPS) is 18.7. The van der Waals surface area contributed by atoms with Crippen molar-refractivity contribution in [3.8, 4) is 5.75 Å². The van der Waals surface area contributed by atoms with Crippen LogP contribution in [0, 0.1) is 0 Å². The highest BCUT2D eigenvalue weighted by atomic mass is 16.5. The van der Waals surface area contributed by atoms with E-state index < -0.39 is 11.5 Å². The van der Waals surface area contributed by atoms with Crippen molar-refractivity contribution in [1.29, 1.82) is 0 Å². The second kappa shape index (κ2) is 6.27. The zero-order valence-electron chi connectivity index (χ0n) is 12.2. The van der Waals surface area contributed by atoms with Gasteiger partial charge in [0.05, 0.1) is 7.11 Å². The minimum absolute atomic E-state index is 0.299. The molecule has 1 unspecified atom stereocenters. The molecule has 4 heteroatoms. The van der Waals surface area contributed by atoms with Gasteiger partial charge in [-0.1, -0.05) is 31.9 Å². The van der Waals surface area contributed by atoms with Crippen molar-refractivity contribution in [2.75, 3.05) is 7.11 Å². The molecule has 2 rings (SSSR count). The van der Waals surface area contributed by atoms with Gasteiger partial charge in [0, 0.05) is 6.04 Å². The molecule has 0 radical (unpaired) electrons. The van der Waals surface area contributed by atoms with Crippen molar-refractivity contribution in [3.05, 3.63) is 29.8 Å². The van der Waals surface area contributed by atoms with E-state index >= 15 is 0 Å². The van der Waals surface area contributed by atoms with Crippen LogP contribution in [0.4, 0.5) is 0 Å². The lowest BCUT2D eigenvalue weighted by Gasteiger charge is -2.33. The molecule has 110 valence electrons. The fraction of sp³-hybridized carbons (Fsp3) is 0.562. The number of hydrogen-bond acceptors (Lipinski definition) is 3. The first-order valence-corrected chi connectivity index (χ1v) is 7.28. The standard InChI is InChI=1S/C16H23NO3/c1-3-16(15(18)19,17-13-6-4-5-7-13)12-8-10-14(20-2)11-9-12/h8-11,13,17H,3-7H2,1-2H3,(H,18,19). The quantitative estimate of drug-likeness (QED) is 0.839. The summed E-state index contributed by atoms with van der Waals surface area (Å²) in [5.41, 5.74) is -0.207. The second-order valence-corrected chi connectivity index (χ2v) is 5.42. The lowest BCUT2D eigenvalue weighted by Crippen LogP contribution is -2.52. The van der Waals surface area contributed by atoms with Crippen molar-refractivity contribution >= 4 is 5.97 Å². The smallest absolute Gasteiger partial charge is 0.328 e. The molecule has 20 heavy (non-hydrogen) atoms. The van der Waals surface area contributed by atoms with Gasteiger partial charge in [-0.3, -0.25) is 5.32 Å². The van der Waals surface area contributed by atoms with E-state index in [-0.39, 0.29) is 0 Å². The van der Waals surface area contributed by atoms with Gasteiger partial charge in [-0.25, -0.2) is 4.79 Å². The van der Waals surface area contributed by atoms with Gasteiger partial charge < -0.3 is 9.84 Å². The fourth-order valence-corrected chi connectivity index (χ4v) is 3.02. The molecule has 0 spiro atoms. The minimum Gasteiger partial charge on any atom is -0.497 e. The summed E-state index contributed by atoms with van der Waals surface area (Å²) in [4.78, 5) is 11.9. The van der Waals surface area contributed by atoms with Gasteiger partial charge in [-0.2, -0.15) is 0 Å². The largest absolute Gasteiger partial charge is 0.497 e. The van der Waals surface area contributed by atoms with Crippen LogP contribution in [0.3, 0.4) is 0 Å². The van der Waals surface area contributed by atoms with Gasteiger partial charge >= 0.3 is 5.97 Å². The van der Waals surface area contributed by atoms with Crippen LogP contribution in [0.15, 0.2) is 24.3 Å². The Bertz CT molecular complexity index is 451. The van der Waals surface area contributed by atoms with E-state index in [4.69, 9.17) is 4.74 Å². The van der Waals surface area contributed by atoms with Crippen molar-refractivity contribution in [3.63, 3.8) is 0 Å². The van der Waals surface area contributed by atoms with Gasteiger partial charge in [0.1, 0.15) is 11.3 Å². The zero-order chi connectivity index (χ0) is 14.6. The third-order valence-corrected chi connectivity index (χ3v) is 4.28. The first-order valence-electron chi connectivity index (χ1n) is 7.28. The van der Waals surface area contributed by atoms with E-state index in [1.54, 1.807) is 7.11 Å². The summed E-state index contributed by atoms with van der Waals surface area (Å²) in [6, 6.07) is 7.63. The SMILES string of the molecule is CCC(NC1CCCC1)(C(=O)O)c1ccc(OC)cc1. The summed E-state index contributed by atoms with van der Waals surface area (Å²) in [7, 11) is 1.61. The van der Waals surface area contributed by atoms with Crippen molar-refractivity contribution in [2.45, 2.75) is 50.6 Å². The Morgan fingerprint density at radius 2 is 1.95 bits per heavy atom. The molecule has 1 saturated carbocycles. The average molecular weight is 277 g/mol. The van der Waals surface area contributed by atoms with Gasteiger partial charge in [-0.15, -0.1) is 0 Å². The molecule has 0 bridgehead atoms. The number of nitrogens with one attached hydrogen (secondary N) is 1. The highest BCUT2D eigenvalue weighted by Gasteiger charge is 2.40. The fourth-order valence-electron chi connectivity index (χ4n) is 3.02. The maximum atomic E-state index is 11.9. The van der Waals surface area contributed by atoms with Crippen molar-refractivity contribution in [2.24, 2.45) is 0 Å². The van der Waals surface area contributed by atoms with Crippen LogP contribution in [-0.2, 0) is 10.3 Å². The molecule has 0 heterocycles. The number of hydrogen-bond donors (Lipinski definition) is 2. The molecular weight excluding hydrogens is 254 g/mol. The average Bonchev–Trinajstić information content (AvgIpc) is 2.97. The molecule has 0 aromatic heterocycles. The van der Waals surface area contributed by atoms with E-state index in [2.05, 4.69) is 5.32 Å². The first-order chi connectivity index (χ1) is 9.62. The predicted octanol–water partition coefficient (Wildman–Crippen LogP) is 2.92.